The largest absolute Gasteiger partial charge is 0.390 e. The standard InChI is InChI=1S/C13H20N2O4S/c16-12(11-15-6-8-19-9-7-15)10-14-20(17,18)13-4-2-1-3-5-13/h1-5,12,14,16H,6-11H2. The topological polar surface area (TPSA) is 78.9 Å². The van der Waals surface area contributed by atoms with Crippen LogP contribution in [0.5, 0.6) is 0 Å². The van der Waals surface area contributed by atoms with Gasteiger partial charge in [0, 0.05) is 26.2 Å². The Hall–Kier alpha value is -0.990. The molecule has 0 bridgehead atoms. The summed E-state index contributed by atoms with van der Waals surface area (Å²) in [7, 11) is -3.55. The molecule has 1 atom stereocenters. The van der Waals surface area contributed by atoms with E-state index in [-0.39, 0.29) is 11.4 Å². The Labute approximate surface area is 119 Å². The average Bonchev–Trinajstić information content (AvgIpc) is 2.47. The maximum absolute atomic E-state index is 12.0. The number of ether oxygens (including phenoxy) is 1. The third-order valence-corrected chi connectivity index (χ3v) is 4.57. The molecular weight excluding hydrogens is 280 g/mol. The van der Waals surface area contributed by atoms with E-state index in [0.29, 0.717) is 19.8 Å². The van der Waals surface area contributed by atoms with Gasteiger partial charge >= 0.3 is 0 Å². The molecular formula is C13H20N2O4S. The molecule has 0 radical (unpaired) electrons. The summed E-state index contributed by atoms with van der Waals surface area (Å²) in [6.45, 7) is 3.30. The van der Waals surface area contributed by atoms with Crippen molar-refractivity contribution in [2.75, 3.05) is 39.4 Å². The van der Waals surface area contributed by atoms with Crippen molar-refractivity contribution < 1.29 is 18.3 Å². The molecule has 112 valence electrons. The highest BCUT2D eigenvalue weighted by molar-refractivity contribution is 7.89. The number of aliphatic hydroxyl groups is 1. The number of nitrogens with one attached hydrogen (secondary N) is 1. The van der Waals surface area contributed by atoms with Gasteiger partial charge in [-0.1, -0.05) is 18.2 Å². The lowest BCUT2D eigenvalue weighted by Crippen LogP contribution is -2.44. The van der Waals surface area contributed by atoms with Crippen LogP contribution in [-0.2, 0) is 14.8 Å². The third kappa shape index (κ3) is 4.53. The summed E-state index contributed by atoms with van der Waals surface area (Å²) in [4.78, 5) is 2.27. The van der Waals surface area contributed by atoms with Gasteiger partial charge in [0.25, 0.3) is 0 Å². The van der Waals surface area contributed by atoms with Crippen LogP contribution in [0.4, 0.5) is 0 Å². The van der Waals surface area contributed by atoms with Gasteiger partial charge in [0.1, 0.15) is 0 Å². The van der Waals surface area contributed by atoms with E-state index in [9.17, 15) is 13.5 Å². The molecule has 0 saturated carbocycles. The molecule has 1 unspecified atom stereocenters. The number of sulfonamides is 1. The molecule has 1 aliphatic heterocycles. The van der Waals surface area contributed by atoms with Crippen molar-refractivity contribution in [3.63, 3.8) is 0 Å². The second-order valence-electron chi connectivity index (χ2n) is 4.73. The summed E-state index contributed by atoms with van der Waals surface area (Å²) in [6, 6.07) is 8.14. The minimum atomic E-state index is -3.55. The van der Waals surface area contributed by atoms with E-state index in [2.05, 4.69) is 9.62 Å². The smallest absolute Gasteiger partial charge is 0.240 e. The summed E-state index contributed by atoms with van der Waals surface area (Å²) < 4.78 is 31.6. The number of rotatable bonds is 6. The van der Waals surface area contributed by atoms with Gasteiger partial charge in [-0.05, 0) is 12.1 Å². The van der Waals surface area contributed by atoms with Crippen LogP contribution in [0, 0.1) is 0 Å². The zero-order valence-corrected chi connectivity index (χ0v) is 12.1. The third-order valence-electron chi connectivity index (χ3n) is 3.14. The van der Waals surface area contributed by atoms with Crippen LogP contribution in [0.25, 0.3) is 0 Å². The van der Waals surface area contributed by atoms with Gasteiger partial charge in [-0.3, -0.25) is 4.90 Å². The van der Waals surface area contributed by atoms with Crippen LogP contribution < -0.4 is 4.72 Å². The van der Waals surface area contributed by atoms with Crippen LogP contribution in [-0.4, -0.2) is 63.9 Å². The van der Waals surface area contributed by atoms with Crippen LogP contribution in [0.15, 0.2) is 35.2 Å². The first-order valence-corrected chi connectivity index (χ1v) is 8.09. The maximum atomic E-state index is 12.0. The molecule has 1 heterocycles. The van der Waals surface area contributed by atoms with Crippen molar-refractivity contribution in [3.8, 4) is 0 Å². The van der Waals surface area contributed by atoms with Crippen molar-refractivity contribution in [2.45, 2.75) is 11.0 Å². The van der Waals surface area contributed by atoms with Gasteiger partial charge in [-0.25, -0.2) is 13.1 Å². The predicted octanol–water partition coefficient (Wildman–Crippen LogP) is -0.342. The number of morpholine rings is 1. The fraction of sp³-hybridized carbons (Fsp3) is 0.538. The molecule has 7 heteroatoms. The fourth-order valence-electron chi connectivity index (χ4n) is 2.04. The van der Waals surface area contributed by atoms with Crippen LogP contribution in [0.2, 0.25) is 0 Å². The molecule has 1 aromatic rings. The van der Waals surface area contributed by atoms with Gasteiger partial charge in [0.05, 0.1) is 24.2 Å². The zero-order valence-electron chi connectivity index (χ0n) is 11.2. The molecule has 6 nitrogen and oxygen atoms in total. The average molecular weight is 300 g/mol. The molecule has 0 amide bonds. The summed E-state index contributed by atoms with van der Waals surface area (Å²) >= 11 is 0. The molecule has 0 aliphatic carbocycles. The number of hydrogen-bond donors (Lipinski definition) is 2. The number of nitrogens with zero attached hydrogens (tertiary/aromatic N) is 1. The normalized spacial score (nSPS) is 18.9. The summed E-state index contributed by atoms with van der Waals surface area (Å²) in [6.07, 6.45) is -0.730. The number of β-amino-alcohol motifs (C(OH)–C–C–N with tert-alkyl or cyclic N) is 1. The van der Waals surface area contributed by atoms with Crippen molar-refractivity contribution in [1.82, 2.24) is 9.62 Å². The SMILES string of the molecule is O=S(=O)(NCC(O)CN1CCOCC1)c1ccccc1. The molecule has 1 saturated heterocycles. The molecule has 1 aliphatic rings. The first-order valence-electron chi connectivity index (χ1n) is 6.61. The Morgan fingerprint density at radius 1 is 1.25 bits per heavy atom. The zero-order chi connectivity index (χ0) is 14.4. The number of hydrogen-bond acceptors (Lipinski definition) is 5. The monoisotopic (exact) mass is 300 g/mol. The van der Waals surface area contributed by atoms with E-state index in [1.54, 1.807) is 18.2 Å². The van der Waals surface area contributed by atoms with Crippen molar-refractivity contribution in [2.24, 2.45) is 0 Å². The quantitative estimate of drug-likeness (QED) is 0.751. The van der Waals surface area contributed by atoms with E-state index in [1.165, 1.54) is 12.1 Å². The van der Waals surface area contributed by atoms with Gasteiger partial charge in [0.2, 0.25) is 10.0 Å². The Kier molecular flexibility index (Phi) is 5.50. The first-order chi connectivity index (χ1) is 9.58. The van der Waals surface area contributed by atoms with Gasteiger partial charge in [-0.15, -0.1) is 0 Å². The second kappa shape index (κ2) is 7.14. The van der Waals surface area contributed by atoms with Gasteiger partial charge in [0.15, 0.2) is 0 Å². The molecule has 0 spiro atoms. The molecule has 1 aromatic carbocycles. The fourth-order valence-corrected chi connectivity index (χ4v) is 3.13. The van der Waals surface area contributed by atoms with Crippen LogP contribution in [0.1, 0.15) is 0 Å². The number of benzene rings is 1. The Morgan fingerprint density at radius 3 is 2.55 bits per heavy atom. The lowest BCUT2D eigenvalue weighted by Gasteiger charge is -2.28. The first kappa shape index (κ1) is 15.4. The molecule has 2 rings (SSSR count). The summed E-state index contributed by atoms with van der Waals surface area (Å²) in [5.41, 5.74) is 0. The van der Waals surface area contributed by atoms with Crippen molar-refractivity contribution in [1.29, 1.82) is 0 Å². The van der Waals surface area contributed by atoms with E-state index in [1.807, 2.05) is 0 Å². The van der Waals surface area contributed by atoms with E-state index in [0.717, 1.165) is 13.1 Å². The van der Waals surface area contributed by atoms with E-state index in [4.69, 9.17) is 4.74 Å². The second-order valence-corrected chi connectivity index (χ2v) is 6.50. The Balaban J connectivity index is 1.82. The highest BCUT2D eigenvalue weighted by atomic mass is 32.2. The summed E-state index contributed by atoms with van der Waals surface area (Å²) in [5, 5.41) is 9.90. The highest BCUT2D eigenvalue weighted by Gasteiger charge is 2.18. The molecule has 1 fully saturated rings. The number of aliphatic hydroxyl groups excluding tert-OH is 1. The lowest BCUT2D eigenvalue weighted by molar-refractivity contribution is 0.0158. The van der Waals surface area contributed by atoms with Crippen LogP contribution in [0.3, 0.4) is 0 Å². The predicted molar refractivity (Wildman–Crippen MR) is 74.9 cm³/mol. The van der Waals surface area contributed by atoms with Gasteiger partial charge < -0.3 is 9.84 Å². The highest BCUT2D eigenvalue weighted by Crippen LogP contribution is 2.07. The van der Waals surface area contributed by atoms with Crippen molar-refractivity contribution in [3.05, 3.63) is 30.3 Å². The minimum absolute atomic E-state index is 0.00852. The molecule has 2 N–H and O–H groups in total. The van der Waals surface area contributed by atoms with Crippen LogP contribution >= 0.6 is 0 Å². The van der Waals surface area contributed by atoms with Crippen molar-refractivity contribution >= 4 is 10.0 Å². The lowest BCUT2D eigenvalue weighted by atomic mass is 10.3. The molecule has 0 aromatic heterocycles. The van der Waals surface area contributed by atoms with E-state index < -0.39 is 16.1 Å². The van der Waals surface area contributed by atoms with E-state index >= 15 is 0 Å². The Morgan fingerprint density at radius 2 is 1.90 bits per heavy atom. The Bertz CT molecular complexity index is 500. The minimum Gasteiger partial charge on any atom is -0.390 e. The maximum Gasteiger partial charge on any atom is 0.240 e. The molecule has 20 heavy (non-hydrogen) atoms. The van der Waals surface area contributed by atoms with Gasteiger partial charge in [-0.2, -0.15) is 0 Å². The summed E-state index contributed by atoms with van der Waals surface area (Å²) in [5.74, 6) is 0.